The topological polar surface area (TPSA) is 3.24 Å². The van der Waals surface area contributed by atoms with Crippen molar-refractivity contribution in [1.82, 2.24) is 0 Å². The first kappa shape index (κ1) is 31.7. The number of benzene rings is 9. The monoisotopic (exact) mass is 687 g/mol. The summed E-state index contributed by atoms with van der Waals surface area (Å²) in [5, 5.41) is 2.50. The van der Waals surface area contributed by atoms with Crippen LogP contribution in [0, 0.1) is 0 Å². The molecule has 1 heteroatoms. The standard InChI is InChI=1S/C53H37N/c1-5-19-40(20-6-1)51-45-27-14-13-18-38(45)34-37-46(51)39-32-35-44(36-33-39)54(43-25-11-4-12-26-43)50-31-17-30-49-52(50)47-28-15-16-29-48(47)53(49,41-21-7-2-8-22-41)42-23-9-3-10-24-42/h1-37H. The molecule has 0 spiro atoms. The van der Waals surface area contributed by atoms with Gasteiger partial charge in [-0.1, -0.05) is 194 Å². The average Bonchev–Trinajstić information content (AvgIpc) is 3.57. The van der Waals surface area contributed by atoms with Crippen molar-refractivity contribution in [2.45, 2.75) is 5.41 Å². The molecule has 9 aromatic rings. The minimum absolute atomic E-state index is 0.472. The largest absolute Gasteiger partial charge is 0.310 e. The molecule has 0 unspecified atom stereocenters. The summed E-state index contributed by atoms with van der Waals surface area (Å²) >= 11 is 0. The van der Waals surface area contributed by atoms with Crippen LogP contribution in [0.2, 0.25) is 0 Å². The lowest BCUT2D eigenvalue weighted by atomic mass is 9.68. The summed E-state index contributed by atoms with van der Waals surface area (Å²) in [4.78, 5) is 2.43. The molecule has 54 heavy (non-hydrogen) atoms. The maximum atomic E-state index is 2.43. The lowest BCUT2D eigenvalue weighted by molar-refractivity contribution is 0.768. The first-order valence-electron chi connectivity index (χ1n) is 18.7. The Balaban J connectivity index is 1.19. The Bertz CT molecular complexity index is 2700. The van der Waals surface area contributed by atoms with Gasteiger partial charge in [-0.25, -0.2) is 0 Å². The summed E-state index contributed by atoms with van der Waals surface area (Å²) in [6, 6.07) is 81.9. The average molecular weight is 688 g/mol. The van der Waals surface area contributed by atoms with Crippen LogP contribution in [0.1, 0.15) is 22.3 Å². The number of anilines is 3. The molecular formula is C53H37N. The Hall–Kier alpha value is -6.96. The molecule has 0 aromatic heterocycles. The van der Waals surface area contributed by atoms with Crippen molar-refractivity contribution in [2.24, 2.45) is 0 Å². The SMILES string of the molecule is c1ccc(-c2c(-c3ccc(N(c4ccccc4)c4cccc5c4-c4ccccc4C5(c4ccccc4)c4ccccc4)cc3)ccc3ccccc23)cc1. The zero-order valence-electron chi connectivity index (χ0n) is 29.8. The van der Waals surface area contributed by atoms with Gasteiger partial charge in [0, 0.05) is 16.9 Å². The van der Waals surface area contributed by atoms with Crippen LogP contribution < -0.4 is 4.90 Å². The van der Waals surface area contributed by atoms with E-state index < -0.39 is 5.41 Å². The number of nitrogens with zero attached hydrogens (tertiary/aromatic N) is 1. The van der Waals surface area contributed by atoms with Crippen LogP contribution in [0.25, 0.3) is 44.2 Å². The fourth-order valence-corrected chi connectivity index (χ4v) is 8.88. The summed E-state index contributed by atoms with van der Waals surface area (Å²) in [6.45, 7) is 0. The maximum absolute atomic E-state index is 2.43. The van der Waals surface area contributed by atoms with Gasteiger partial charge >= 0.3 is 0 Å². The van der Waals surface area contributed by atoms with E-state index in [1.54, 1.807) is 0 Å². The predicted octanol–water partition coefficient (Wildman–Crippen LogP) is 14.0. The quantitative estimate of drug-likeness (QED) is 0.161. The Morgan fingerprint density at radius 2 is 0.870 bits per heavy atom. The van der Waals surface area contributed by atoms with Crippen molar-refractivity contribution in [2.75, 3.05) is 4.90 Å². The molecule has 254 valence electrons. The molecule has 0 heterocycles. The second-order valence-corrected chi connectivity index (χ2v) is 14.0. The number of rotatable bonds is 7. The highest BCUT2D eigenvalue weighted by Gasteiger charge is 2.47. The molecule has 0 saturated carbocycles. The Kier molecular flexibility index (Phi) is 7.78. The summed E-state index contributed by atoms with van der Waals surface area (Å²) < 4.78 is 0. The van der Waals surface area contributed by atoms with E-state index in [9.17, 15) is 0 Å². The molecule has 1 aliphatic rings. The molecule has 0 bridgehead atoms. The number of hydrogen-bond donors (Lipinski definition) is 0. The highest BCUT2D eigenvalue weighted by molar-refractivity contribution is 6.04. The second kappa shape index (κ2) is 13.2. The number of hydrogen-bond acceptors (Lipinski definition) is 1. The van der Waals surface area contributed by atoms with Gasteiger partial charge in [-0.3, -0.25) is 0 Å². The molecule has 0 radical (unpaired) electrons. The van der Waals surface area contributed by atoms with E-state index in [-0.39, 0.29) is 0 Å². The highest BCUT2D eigenvalue weighted by atomic mass is 15.1. The van der Waals surface area contributed by atoms with Crippen molar-refractivity contribution in [3.05, 3.63) is 247 Å². The third kappa shape index (κ3) is 5.01. The molecule has 0 amide bonds. The van der Waals surface area contributed by atoms with Gasteiger partial charge in [0.1, 0.15) is 0 Å². The Morgan fingerprint density at radius 3 is 1.57 bits per heavy atom. The van der Waals surface area contributed by atoms with E-state index in [0.717, 1.165) is 17.1 Å². The van der Waals surface area contributed by atoms with E-state index in [1.807, 2.05) is 0 Å². The number of para-hydroxylation sites is 1. The van der Waals surface area contributed by atoms with Gasteiger partial charge < -0.3 is 4.90 Å². The van der Waals surface area contributed by atoms with Crippen LogP contribution in [0.15, 0.2) is 224 Å². The van der Waals surface area contributed by atoms with Gasteiger partial charge in [0.25, 0.3) is 0 Å². The van der Waals surface area contributed by atoms with Gasteiger partial charge in [-0.05, 0) is 91.2 Å². The van der Waals surface area contributed by atoms with E-state index in [0.29, 0.717) is 0 Å². The Labute approximate surface area is 317 Å². The van der Waals surface area contributed by atoms with Crippen molar-refractivity contribution in [1.29, 1.82) is 0 Å². The second-order valence-electron chi connectivity index (χ2n) is 14.0. The first-order valence-corrected chi connectivity index (χ1v) is 18.7. The minimum Gasteiger partial charge on any atom is -0.310 e. The van der Waals surface area contributed by atoms with E-state index >= 15 is 0 Å². The third-order valence-corrected chi connectivity index (χ3v) is 11.1. The molecule has 0 N–H and O–H groups in total. The first-order chi connectivity index (χ1) is 26.8. The molecule has 0 saturated heterocycles. The molecule has 10 rings (SSSR count). The summed E-state index contributed by atoms with van der Waals surface area (Å²) in [7, 11) is 0. The van der Waals surface area contributed by atoms with Crippen LogP contribution in [0.4, 0.5) is 17.1 Å². The zero-order valence-corrected chi connectivity index (χ0v) is 29.8. The molecule has 0 fully saturated rings. The van der Waals surface area contributed by atoms with E-state index in [4.69, 9.17) is 0 Å². The maximum Gasteiger partial charge on any atom is 0.0714 e. The van der Waals surface area contributed by atoms with Crippen molar-refractivity contribution < 1.29 is 0 Å². The lowest BCUT2D eigenvalue weighted by Crippen LogP contribution is -2.28. The molecule has 1 aliphatic carbocycles. The fraction of sp³-hybridized carbons (Fsp3) is 0.0189. The molecule has 0 aliphatic heterocycles. The molecular weight excluding hydrogens is 651 g/mol. The predicted molar refractivity (Wildman–Crippen MR) is 227 cm³/mol. The van der Waals surface area contributed by atoms with Gasteiger partial charge in [0.05, 0.1) is 11.1 Å². The summed E-state index contributed by atoms with van der Waals surface area (Å²) in [5.74, 6) is 0. The third-order valence-electron chi connectivity index (χ3n) is 11.1. The summed E-state index contributed by atoms with van der Waals surface area (Å²) in [5.41, 5.74) is 15.4. The van der Waals surface area contributed by atoms with Crippen molar-refractivity contribution >= 4 is 27.8 Å². The van der Waals surface area contributed by atoms with Gasteiger partial charge in [-0.15, -0.1) is 0 Å². The smallest absolute Gasteiger partial charge is 0.0714 e. The van der Waals surface area contributed by atoms with Crippen LogP contribution in [0.5, 0.6) is 0 Å². The molecule has 9 aromatic carbocycles. The van der Waals surface area contributed by atoms with E-state index in [1.165, 1.54) is 66.4 Å². The van der Waals surface area contributed by atoms with Gasteiger partial charge in [-0.2, -0.15) is 0 Å². The van der Waals surface area contributed by atoms with Crippen LogP contribution in [-0.2, 0) is 5.41 Å². The van der Waals surface area contributed by atoms with Gasteiger partial charge in [0.15, 0.2) is 0 Å². The van der Waals surface area contributed by atoms with Crippen LogP contribution >= 0.6 is 0 Å². The van der Waals surface area contributed by atoms with E-state index in [2.05, 4.69) is 229 Å². The van der Waals surface area contributed by atoms with Crippen molar-refractivity contribution in [3.8, 4) is 33.4 Å². The number of fused-ring (bicyclic) bond motifs is 4. The zero-order chi connectivity index (χ0) is 35.9. The summed E-state index contributed by atoms with van der Waals surface area (Å²) in [6.07, 6.45) is 0. The molecule has 0 atom stereocenters. The fourth-order valence-electron chi connectivity index (χ4n) is 8.88. The highest BCUT2D eigenvalue weighted by Crippen LogP contribution is 2.59. The van der Waals surface area contributed by atoms with Crippen LogP contribution in [-0.4, -0.2) is 0 Å². The molecule has 1 nitrogen and oxygen atoms in total. The minimum atomic E-state index is -0.472. The van der Waals surface area contributed by atoms with Gasteiger partial charge in [0.2, 0.25) is 0 Å². The normalized spacial score (nSPS) is 12.6. The Morgan fingerprint density at radius 1 is 0.315 bits per heavy atom. The van der Waals surface area contributed by atoms with Crippen LogP contribution in [0.3, 0.4) is 0 Å². The van der Waals surface area contributed by atoms with Crippen molar-refractivity contribution in [3.63, 3.8) is 0 Å². The lowest BCUT2D eigenvalue weighted by Gasteiger charge is -2.34.